The third-order valence-electron chi connectivity index (χ3n) is 4.37. The molecule has 23 heavy (non-hydrogen) atoms. The van der Waals surface area contributed by atoms with Crippen LogP contribution in [0.25, 0.3) is 0 Å². The third kappa shape index (κ3) is 3.72. The van der Waals surface area contributed by atoms with Crippen LogP contribution in [0.5, 0.6) is 0 Å². The van der Waals surface area contributed by atoms with Gasteiger partial charge in [-0.15, -0.1) is 0 Å². The van der Waals surface area contributed by atoms with Crippen molar-refractivity contribution >= 4 is 15.9 Å². The number of amides is 1. The van der Waals surface area contributed by atoms with Gasteiger partial charge in [0.05, 0.1) is 0 Å². The van der Waals surface area contributed by atoms with Crippen molar-refractivity contribution in [3.8, 4) is 0 Å². The molecule has 1 saturated carbocycles. The van der Waals surface area contributed by atoms with Gasteiger partial charge in [0.2, 0.25) is 10.0 Å². The van der Waals surface area contributed by atoms with Gasteiger partial charge in [-0.05, 0) is 49.8 Å². The van der Waals surface area contributed by atoms with Crippen molar-refractivity contribution in [3.63, 3.8) is 0 Å². The zero-order valence-corrected chi connectivity index (χ0v) is 13.7. The number of carbonyl (C=O) groups excluding carboxylic acids is 1. The molecule has 7 heteroatoms. The minimum absolute atomic E-state index is 0.183. The van der Waals surface area contributed by atoms with Gasteiger partial charge in [0.1, 0.15) is 10.7 Å². The lowest BCUT2D eigenvalue weighted by Gasteiger charge is -2.26. The molecule has 1 aliphatic carbocycles. The molecule has 1 heterocycles. The Balaban J connectivity index is 1.82. The van der Waals surface area contributed by atoms with Gasteiger partial charge in [-0.2, -0.15) is 4.31 Å². The fraction of sp³-hybridized carbons (Fsp3) is 0.562. The minimum atomic E-state index is -3.89. The summed E-state index contributed by atoms with van der Waals surface area (Å²) in [5, 5.41) is 2.77. The van der Waals surface area contributed by atoms with E-state index >= 15 is 0 Å². The van der Waals surface area contributed by atoms with Gasteiger partial charge in [0.15, 0.2) is 0 Å². The average molecular weight is 340 g/mol. The summed E-state index contributed by atoms with van der Waals surface area (Å²) in [6.45, 7) is 1.39. The number of hydrogen-bond acceptors (Lipinski definition) is 3. The van der Waals surface area contributed by atoms with Crippen LogP contribution in [-0.4, -0.2) is 38.3 Å². The number of nitrogens with zero attached hydrogens (tertiary/aromatic N) is 1. The first-order valence-corrected chi connectivity index (χ1v) is 9.50. The molecule has 0 aromatic heterocycles. The second kappa shape index (κ2) is 6.57. The van der Waals surface area contributed by atoms with Gasteiger partial charge in [-0.25, -0.2) is 12.8 Å². The molecule has 1 amide bonds. The lowest BCUT2D eigenvalue weighted by Crippen LogP contribution is -2.36. The quantitative estimate of drug-likeness (QED) is 0.893. The largest absolute Gasteiger partial charge is 0.352 e. The van der Waals surface area contributed by atoms with Crippen LogP contribution >= 0.6 is 0 Å². The van der Waals surface area contributed by atoms with Crippen LogP contribution in [0.4, 0.5) is 4.39 Å². The van der Waals surface area contributed by atoms with Gasteiger partial charge in [0.25, 0.3) is 5.91 Å². The summed E-state index contributed by atoms with van der Waals surface area (Å²) in [4.78, 5) is 11.7. The summed E-state index contributed by atoms with van der Waals surface area (Å²) < 4.78 is 40.6. The first-order chi connectivity index (χ1) is 11.0. The zero-order valence-electron chi connectivity index (χ0n) is 12.9. The molecule has 0 radical (unpaired) electrons. The van der Waals surface area contributed by atoms with Crippen LogP contribution in [0, 0.1) is 11.7 Å². The third-order valence-corrected chi connectivity index (χ3v) is 6.29. The maximum atomic E-state index is 14.1. The van der Waals surface area contributed by atoms with Crippen LogP contribution in [0.1, 0.15) is 42.5 Å². The second-order valence-electron chi connectivity index (χ2n) is 6.26. The summed E-state index contributed by atoms with van der Waals surface area (Å²) in [5.74, 6) is -0.641. The van der Waals surface area contributed by atoms with Crippen molar-refractivity contribution < 1.29 is 17.6 Å². The molecule has 1 aromatic rings. The Labute approximate surface area is 135 Å². The summed E-state index contributed by atoms with van der Waals surface area (Å²) in [6.07, 6.45) is 4.76. The van der Waals surface area contributed by atoms with Gasteiger partial charge in [-0.1, -0.05) is 6.42 Å². The van der Waals surface area contributed by atoms with Crippen molar-refractivity contribution in [2.75, 3.05) is 19.6 Å². The Bertz CT molecular complexity index is 695. The Hall–Kier alpha value is -1.47. The van der Waals surface area contributed by atoms with Crippen LogP contribution in [0.2, 0.25) is 0 Å². The van der Waals surface area contributed by atoms with Crippen molar-refractivity contribution in [2.45, 2.75) is 37.0 Å². The van der Waals surface area contributed by atoms with Crippen molar-refractivity contribution in [1.29, 1.82) is 0 Å². The van der Waals surface area contributed by atoms with E-state index in [1.54, 1.807) is 0 Å². The fourth-order valence-corrected chi connectivity index (χ4v) is 4.36. The van der Waals surface area contributed by atoms with E-state index in [-0.39, 0.29) is 11.5 Å². The predicted molar refractivity (Wildman–Crippen MR) is 84.1 cm³/mol. The van der Waals surface area contributed by atoms with Gasteiger partial charge >= 0.3 is 0 Å². The Kier molecular flexibility index (Phi) is 4.68. The maximum Gasteiger partial charge on any atom is 0.251 e. The standard InChI is InChI=1S/C16H21FN2O3S/c17-14-7-6-13(16(20)18-11-12-4-5-12)10-15(14)23(21,22)19-8-2-1-3-9-19/h6-7,10,12H,1-5,8-9,11H2,(H,18,20). The number of halogens is 1. The molecular weight excluding hydrogens is 319 g/mol. The molecule has 3 rings (SSSR count). The van der Waals surface area contributed by atoms with Gasteiger partial charge in [0, 0.05) is 25.2 Å². The van der Waals surface area contributed by atoms with E-state index in [2.05, 4.69) is 5.32 Å². The van der Waals surface area contributed by atoms with E-state index in [9.17, 15) is 17.6 Å². The second-order valence-corrected chi connectivity index (χ2v) is 8.17. The highest BCUT2D eigenvalue weighted by Gasteiger charge is 2.29. The van der Waals surface area contributed by atoms with E-state index in [1.165, 1.54) is 10.4 Å². The molecule has 0 bridgehead atoms. The summed E-state index contributed by atoms with van der Waals surface area (Å²) in [7, 11) is -3.89. The predicted octanol–water partition coefficient (Wildman–Crippen LogP) is 2.14. The topological polar surface area (TPSA) is 66.5 Å². The minimum Gasteiger partial charge on any atom is -0.352 e. The summed E-state index contributed by atoms with van der Waals surface area (Å²) in [5.41, 5.74) is 0.183. The molecule has 1 saturated heterocycles. The zero-order chi connectivity index (χ0) is 16.4. The smallest absolute Gasteiger partial charge is 0.251 e. The van der Waals surface area contributed by atoms with Crippen LogP contribution in [0.3, 0.4) is 0 Å². The molecule has 0 spiro atoms. The van der Waals surface area contributed by atoms with E-state index in [1.807, 2.05) is 0 Å². The fourth-order valence-electron chi connectivity index (χ4n) is 2.75. The van der Waals surface area contributed by atoms with E-state index in [0.717, 1.165) is 44.2 Å². The van der Waals surface area contributed by atoms with E-state index in [4.69, 9.17) is 0 Å². The average Bonchev–Trinajstić information content (AvgIpc) is 3.38. The molecule has 2 aliphatic rings. The van der Waals surface area contributed by atoms with Crippen LogP contribution in [0.15, 0.2) is 23.1 Å². The van der Waals surface area contributed by atoms with E-state index < -0.39 is 20.7 Å². The molecule has 5 nitrogen and oxygen atoms in total. The first kappa shape index (κ1) is 16.4. The number of sulfonamides is 1. The number of rotatable bonds is 5. The summed E-state index contributed by atoms with van der Waals surface area (Å²) in [6, 6.07) is 3.54. The number of carbonyl (C=O) groups is 1. The molecule has 1 N–H and O–H groups in total. The van der Waals surface area contributed by atoms with Gasteiger partial charge in [-0.3, -0.25) is 4.79 Å². The number of nitrogens with one attached hydrogen (secondary N) is 1. The lowest BCUT2D eigenvalue weighted by atomic mass is 10.2. The van der Waals surface area contributed by atoms with Gasteiger partial charge < -0.3 is 5.32 Å². The van der Waals surface area contributed by atoms with Crippen LogP contribution < -0.4 is 5.32 Å². The Morgan fingerprint density at radius 2 is 1.91 bits per heavy atom. The Morgan fingerprint density at radius 1 is 1.22 bits per heavy atom. The molecule has 0 atom stereocenters. The van der Waals surface area contributed by atoms with Crippen LogP contribution in [-0.2, 0) is 10.0 Å². The molecule has 1 aromatic carbocycles. The number of hydrogen-bond donors (Lipinski definition) is 1. The molecular formula is C16H21FN2O3S. The number of benzene rings is 1. The monoisotopic (exact) mass is 340 g/mol. The van der Waals surface area contributed by atoms with Crippen molar-refractivity contribution in [2.24, 2.45) is 5.92 Å². The van der Waals surface area contributed by atoms with Crippen molar-refractivity contribution in [3.05, 3.63) is 29.6 Å². The highest BCUT2D eigenvalue weighted by molar-refractivity contribution is 7.89. The molecule has 126 valence electrons. The normalized spacial score (nSPS) is 19.5. The maximum absolute atomic E-state index is 14.1. The van der Waals surface area contributed by atoms with E-state index in [0.29, 0.717) is 25.6 Å². The SMILES string of the molecule is O=C(NCC1CC1)c1ccc(F)c(S(=O)(=O)N2CCCCC2)c1. The Morgan fingerprint density at radius 3 is 2.57 bits per heavy atom. The highest BCUT2D eigenvalue weighted by atomic mass is 32.2. The number of piperidine rings is 1. The lowest BCUT2D eigenvalue weighted by molar-refractivity contribution is 0.0951. The molecule has 2 fully saturated rings. The first-order valence-electron chi connectivity index (χ1n) is 8.06. The highest BCUT2D eigenvalue weighted by Crippen LogP contribution is 2.28. The van der Waals surface area contributed by atoms with Crippen molar-refractivity contribution in [1.82, 2.24) is 9.62 Å². The molecule has 0 unspecified atom stereocenters. The molecule has 1 aliphatic heterocycles. The summed E-state index contributed by atoms with van der Waals surface area (Å²) >= 11 is 0.